The Morgan fingerprint density at radius 3 is 2.68 bits per heavy atom. The number of allylic oxidation sites excluding steroid dienone is 1. The molecule has 3 aliphatic rings. The van der Waals surface area contributed by atoms with E-state index in [1.807, 2.05) is 19.1 Å². The average molecular weight is 516 g/mol. The number of carbonyl (C=O) groups excluding carboxylic acids is 2. The first-order chi connectivity index (χ1) is 17.8. The lowest BCUT2D eigenvalue weighted by Crippen LogP contribution is -2.35. The fourth-order valence-corrected chi connectivity index (χ4v) is 6.02. The molecule has 4 rings (SSSR count). The highest BCUT2D eigenvalue weighted by Gasteiger charge is 2.56. The molecule has 2 N–H and O–H groups in total. The molecule has 2 fully saturated rings. The van der Waals surface area contributed by atoms with E-state index < -0.39 is 11.9 Å². The van der Waals surface area contributed by atoms with E-state index in [4.69, 9.17) is 19.0 Å². The number of fused-ring (bicyclic) bond motifs is 3. The summed E-state index contributed by atoms with van der Waals surface area (Å²) in [5, 5.41) is 18.0. The van der Waals surface area contributed by atoms with E-state index in [1.54, 1.807) is 13.2 Å². The average Bonchev–Trinajstić information content (AvgIpc) is 3.56. The van der Waals surface area contributed by atoms with Crippen molar-refractivity contribution in [3.05, 3.63) is 40.4 Å². The number of aliphatic hydroxyl groups excluding tert-OH is 1. The molecule has 3 heterocycles. The van der Waals surface area contributed by atoms with Gasteiger partial charge in [-0.2, -0.15) is 0 Å². The van der Waals surface area contributed by atoms with Gasteiger partial charge in [-0.05, 0) is 68.4 Å². The number of carboxylic acids is 1. The Labute approximate surface area is 217 Å². The lowest BCUT2D eigenvalue weighted by atomic mass is 9.69. The molecule has 1 aromatic heterocycles. The highest BCUT2D eigenvalue weighted by molar-refractivity contribution is 6.06. The van der Waals surface area contributed by atoms with E-state index in [9.17, 15) is 19.5 Å². The number of nitrogens with zero attached hydrogens (tertiary/aromatic N) is 1. The maximum atomic E-state index is 13.4. The second kappa shape index (κ2) is 12.2. The highest BCUT2D eigenvalue weighted by Crippen LogP contribution is 2.49. The van der Waals surface area contributed by atoms with Gasteiger partial charge in [0.15, 0.2) is 0 Å². The number of aliphatic carboxylic acids is 1. The monoisotopic (exact) mass is 515 g/mol. The molecule has 0 radical (unpaired) electrons. The summed E-state index contributed by atoms with van der Waals surface area (Å²) in [6.07, 6.45) is 5.78. The first-order valence-electron chi connectivity index (χ1n) is 13.1. The number of imide groups is 1. The number of aliphatic hydroxyl groups is 1. The van der Waals surface area contributed by atoms with Gasteiger partial charge in [0.25, 0.3) is 0 Å². The lowest BCUT2D eigenvalue weighted by Gasteiger charge is -2.31. The van der Waals surface area contributed by atoms with E-state index in [0.29, 0.717) is 57.0 Å². The summed E-state index contributed by atoms with van der Waals surface area (Å²) >= 11 is 0. The van der Waals surface area contributed by atoms with Gasteiger partial charge < -0.3 is 24.1 Å². The number of carbonyl (C=O) groups is 3. The molecule has 0 bridgehead atoms. The van der Waals surface area contributed by atoms with Crippen molar-refractivity contribution in [3.8, 4) is 0 Å². The van der Waals surface area contributed by atoms with Crippen molar-refractivity contribution in [2.75, 3.05) is 26.9 Å². The number of likely N-dealkylation sites (tertiary alicyclic amines) is 1. The molecule has 2 amide bonds. The lowest BCUT2D eigenvalue weighted by molar-refractivity contribution is -0.141. The number of hydrogen-bond acceptors (Lipinski definition) is 7. The van der Waals surface area contributed by atoms with Crippen LogP contribution in [0.2, 0.25) is 0 Å². The van der Waals surface area contributed by atoms with Crippen LogP contribution in [-0.4, -0.2) is 65.9 Å². The minimum absolute atomic E-state index is 0.0987. The molecule has 202 valence electrons. The summed E-state index contributed by atoms with van der Waals surface area (Å²) in [5.41, 5.74) is 3.32. The Hall–Kier alpha value is -2.75. The summed E-state index contributed by atoms with van der Waals surface area (Å²) < 4.78 is 17.3. The molecule has 0 unspecified atom stereocenters. The summed E-state index contributed by atoms with van der Waals surface area (Å²) in [5.74, 6) is -0.751. The Balaban J connectivity index is 1.43. The van der Waals surface area contributed by atoms with Crippen LogP contribution in [0.4, 0.5) is 0 Å². The van der Waals surface area contributed by atoms with Crippen molar-refractivity contribution in [1.82, 2.24) is 4.90 Å². The van der Waals surface area contributed by atoms with E-state index in [-0.39, 0.29) is 42.8 Å². The fourth-order valence-electron chi connectivity index (χ4n) is 6.02. The standard InChI is InChI=1S/C28H37NO8/c1-17(12-19-8-9-20(14-30)37-19)7-10-23-25-18(15-35-2)13-21-26(22(25)16-36-23)28(34)29(27(21)33)11-5-3-4-6-24(31)32/h8-9,12,21-23,26,30H,3-7,10-11,13-16H2,1-2H3,(H,31,32)/b17-12+/t21-,22+,23-,26-/m1/s1. The van der Waals surface area contributed by atoms with Crippen molar-refractivity contribution in [2.24, 2.45) is 17.8 Å². The highest BCUT2D eigenvalue weighted by atomic mass is 16.5. The summed E-state index contributed by atoms with van der Waals surface area (Å²) in [4.78, 5) is 38.7. The third-order valence-electron chi connectivity index (χ3n) is 7.72. The molecule has 4 atom stereocenters. The largest absolute Gasteiger partial charge is 0.481 e. The molecule has 0 saturated carbocycles. The molecule has 0 aromatic carbocycles. The molecule has 0 spiro atoms. The van der Waals surface area contributed by atoms with Crippen LogP contribution < -0.4 is 0 Å². The van der Waals surface area contributed by atoms with E-state index in [2.05, 4.69) is 0 Å². The minimum Gasteiger partial charge on any atom is -0.481 e. The van der Waals surface area contributed by atoms with Gasteiger partial charge in [-0.15, -0.1) is 0 Å². The Bertz CT molecular complexity index is 1070. The van der Waals surface area contributed by atoms with Gasteiger partial charge in [-0.1, -0.05) is 12.0 Å². The zero-order valence-corrected chi connectivity index (χ0v) is 21.6. The van der Waals surface area contributed by atoms with Crippen molar-refractivity contribution in [1.29, 1.82) is 0 Å². The number of ether oxygens (including phenoxy) is 2. The van der Waals surface area contributed by atoms with Crippen LogP contribution in [0.15, 0.2) is 33.3 Å². The van der Waals surface area contributed by atoms with Crippen molar-refractivity contribution in [3.63, 3.8) is 0 Å². The van der Waals surface area contributed by atoms with Crippen LogP contribution in [0, 0.1) is 17.8 Å². The number of hydrogen-bond donors (Lipinski definition) is 2. The molecule has 9 heteroatoms. The first-order valence-corrected chi connectivity index (χ1v) is 13.1. The second-order valence-corrected chi connectivity index (χ2v) is 10.3. The van der Waals surface area contributed by atoms with Gasteiger partial charge in [-0.25, -0.2) is 0 Å². The molecule has 1 aliphatic carbocycles. The Morgan fingerprint density at radius 2 is 1.97 bits per heavy atom. The fraction of sp³-hybridized carbons (Fsp3) is 0.607. The van der Waals surface area contributed by atoms with Gasteiger partial charge in [0.2, 0.25) is 11.8 Å². The van der Waals surface area contributed by atoms with Crippen LogP contribution >= 0.6 is 0 Å². The SMILES string of the molecule is COCC1=C2[C@@H](CC/C(C)=C/c3ccc(CO)o3)OC[C@@H]2[C@@H]2C(=O)N(CCCCCC(=O)O)C(=O)[C@@H]2C1. The van der Waals surface area contributed by atoms with Gasteiger partial charge in [0.05, 0.1) is 31.2 Å². The maximum absolute atomic E-state index is 13.4. The number of methoxy groups -OCH3 is 1. The van der Waals surface area contributed by atoms with E-state index in [1.165, 1.54) is 4.90 Å². The van der Waals surface area contributed by atoms with Crippen molar-refractivity contribution < 1.29 is 38.5 Å². The minimum atomic E-state index is -0.832. The molecule has 2 aliphatic heterocycles. The van der Waals surface area contributed by atoms with Crippen LogP contribution in [0.1, 0.15) is 63.4 Å². The third kappa shape index (κ3) is 6.05. The van der Waals surface area contributed by atoms with Crippen LogP contribution in [0.5, 0.6) is 0 Å². The topological polar surface area (TPSA) is 127 Å². The predicted octanol–water partition coefficient (Wildman–Crippen LogP) is 3.56. The smallest absolute Gasteiger partial charge is 0.303 e. The maximum Gasteiger partial charge on any atom is 0.303 e. The number of amides is 2. The molecule has 9 nitrogen and oxygen atoms in total. The normalized spacial score (nSPS) is 25.7. The van der Waals surface area contributed by atoms with Crippen LogP contribution in [-0.2, 0) is 30.5 Å². The Morgan fingerprint density at radius 1 is 1.16 bits per heavy atom. The predicted molar refractivity (Wildman–Crippen MR) is 134 cm³/mol. The van der Waals surface area contributed by atoms with Gasteiger partial charge >= 0.3 is 5.97 Å². The number of unbranched alkanes of at least 4 members (excludes halogenated alkanes) is 2. The summed E-state index contributed by atoms with van der Waals surface area (Å²) in [6, 6.07) is 3.58. The zero-order chi connectivity index (χ0) is 26.5. The van der Waals surface area contributed by atoms with Crippen LogP contribution in [0.25, 0.3) is 6.08 Å². The van der Waals surface area contributed by atoms with Gasteiger partial charge in [-0.3, -0.25) is 19.3 Å². The molecule has 37 heavy (non-hydrogen) atoms. The van der Waals surface area contributed by atoms with Crippen molar-refractivity contribution >= 4 is 23.9 Å². The molecular weight excluding hydrogens is 478 g/mol. The van der Waals surface area contributed by atoms with E-state index in [0.717, 1.165) is 29.6 Å². The summed E-state index contributed by atoms with van der Waals surface area (Å²) in [6.45, 7) is 3.07. The van der Waals surface area contributed by atoms with Gasteiger partial charge in [0, 0.05) is 26.0 Å². The number of carboxylic acid groups (broad SMARTS) is 1. The summed E-state index contributed by atoms with van der Waals surface area (Å²) in [7, 11) is 1.64. The quantitative estimate of drug-likeness (QED) is 0.232. The zero-order valence-electron chi connectivity index (χ0n) is 21.6. The molecular formula is C28H37NO8. The first kappa shape index (κ1) is 27.3. The molecule has 1 aromatic rings. The Kier molecular flexibility index (Phi) is 9.00. The van der Waals surface area contributed by atoms with Crippen LogP contribution in [0.3, 0.4) is 0 Å². The van der Waals surface area contributed by atoms with E-state index >= 15 is 0 Å². The molecule has 2 saturated heterocycles. The van der Waals surface area contributed by atoms with Gasteiger partial charge in [0.1, 0.15) is 18.1 Å². The van der Waals surface area contributed by atoms with Crippen molar-refractivity contribution in [2.45, 2.75) is 64.6 Å². The number of furan rings is 1. The third-order valence-corrected chi connectivity index (χ3v) is 7.72. The number of rotatable bonds is 13. The second-order valence-electron chi connectivity index (χ2n) is 10.3.